The van der Waals surface area contributed by atoms with Crippen LogP contribution in [0.15, 0.2) is 16.6 Å². The average molecular weight is 296 g/mol. The Morgan fingerprint density at radius 1 is 1.40 bits per heavy atom. The lowest BCUT2D eigenvalue weighted by molar-refractivity contribution is 0.291. The fourth-order valence-corrected chi connectivity index (χ4v) is 1.62. The first-order valence-electron chi connectivity index (χ1n) is 4.93. The highest BCUT2D eigenvalue weighted by Gasteiger charge is 2.10. The van der Waals surface area contributed by atoms with Crippen LogP contribution in [0.2, 0.25) is 5.02 Å². The lowest BCUT2D eigenvalue weighted by Crippen LogP contribution is -1.99. The lowest BCUT2D eigenvalue weighted by atomic mass is 10.3. The second-order valence-electron chi connectivity index (χ2n) is 3.23. The van der Waals surface area contributed by atoms with Gasteiger partial charge in [-0.1, -0.05) is 31.4 Å². The number of hydrogen-bond donors (Lipinski definition) is 0. The number of hydrogen-bond acceptors (Lipinski definition) is 1. The van der Waals surface area contributed by atoms with Crippen molar-refractivity contribution >= 4 is 27.5 Å². The van der Waals surface area contributed by atoms with E-state index in [0.29, 0.717) is 11.1 Å². The predicted octanol–water partition coefficient (Wildman–Crippen LogP) is 4.81. The van der Waals surface area contributed by atoms with Crippen LogP contribution >= 0.6 is 27.5 Å². The minimum Gasteiger partial charge on any atom is -0.490 e. The molecule has 0 aliphatic heterocycles. The monoisotopic (exact) mass is 294 g/mol. The van der Waals surface area contributed by atoms with E-state index < -0.39 is 5.82 Å². The molecule has 0 spiro atoms. The molecule has 0 saturated carbocycles. The van der Waals surface area contributed by atoms with E-state index in [-0.39, 0.29) is 10.8 Å². The van der Waals surface area contributed by atoms with Crippen LogP contribution in [0.3, 0.4) is 0 Å². The largest absolute Gasteiger partial charge is 0.490 e. The number of unbranched alkanes of at least 4 members (excludes halogenated alkanes) is 2. The molecule has 0 fully saturated rings. The molecule has 0 radical (unpaired) electrons. The molecule has 0 unspecified atom stereocenters. The molecule has 15 heavy (non-hydrogen) atoms. The molecule has 4 heteroatoms. The number of ether oxygens (including phenoxy) is 1. The van der Waals surface area contributed by atoms with Gasteiger partial charge in [0.25, 0.3) is 0 Å². The van der Waals surface area contributed by atoms with Gasteiger partial charge in [0.2, 0.25) is 0 Å². The predicted molar refractivity (Wildman–Crippen MR) is 64.1 cm³/mol. The molecule has 0 aliphatic rings. The van der Waals surface area contributed by atoms with Gasteiger partial charge >= 0.3 is 0 Å². The molecule has 0 atom stereocenters. The molecule has 0 N–H and O–H groups in total. The Hall–Kier alpha value is -0.280. The molecular weight excluding hydrogens is 282 g/mol. The third-order valence-electron chi connectivity index (χ3n) is 2.01. The summed E-state index contributed by atoms with van der Waals surface area (Å²) < 4.78 is 19.3. The van der Waals surface area contributed by atoms with Gasteiger partial charge in [-0.25, -0.2) is 4.39 Å². The summed E-state index contributed by atoms with van der Waals surface area (Å²) in [4.78, 5) is 0. The van der Waals surface area contributed by atoms with Crippen LogP contribution in [0, 0.1) is 5.82 Å². The summed E-state index contributed by atoms with van der Waals surface area (Å²) in [5.41, 5.74) is 0. The van der Waals surface area contributed by atoms with E-state index in [2.05, 4.69) is 22.9 Å². The zero-order valence-electron chi connectivity index (χ0n) is 8.53. The summed E-state index contributed by atoms with van der Waals surface area (Å²) >= 11 is 8.87. The molecular formula is C11H13BrClFO. The van der Waals surface area contributed by atoms with Gasteiger partial charge in [-0.05, 0) is 34.5 Å². The third kappa shape index (κ3) is 3.65. The number of rotatable bonds is 5. The molecule has 0 aliphatic carbocycles. The second-order valence-corrected chi connectivity index (χ2v) is 4.46. The van der Waals surface area contributed by atoms with Crippen molar-refractivity contribution in [2.75, 3.05) is 6.61 Å². The van der Waals surface area contributed by atoms with Crippen molar-refractivity contribution in [3.8, 4) is 5.75 Å². The van der Waals surface area contributed by atoms with Gasteiger partial charge < -0.3 is 4.74 Å². The summed E-state index contributed by atoms with van der Waals surface area (Å²) in [7, 11) is 0. The maximum atomic E-state index is 13.5. The molecule has 0 heterocycles. The Balaban J connectivity index is 2.58. The van der Waals surface area contributed by atoms with Crippen LogP contribution in [0.4, 0.5) is 4.39 Å². The summed E-state index contributed by atoms with van der Waals surface area (Å²) in [6.07, 6.45) is 3.14. The van der Waals surface area contributed by atoms with Gasteiger partial charge in [0.1, 0.15) is 0 Å². The van der Waals surface area contributed by atoms with E-state index >= 15 is 0 Å². The molecule has 1 nitrogen and oxygen atoms in total. The highest BCUT2D eigenvalue weighted by atomic mass is 79.9. The van der Waals surface area contributed by atoms with Crippen LogP contribution in [-0.4, -0.2) is 6.61 Å². The molecule has 1 aromatic rings. The van der Waals surface area contributed by atoms with Crippen molar-refractivity contribution < 1.29 is 9.13 Å². The number of halogens is 3. The van der Waals surface area contributed by atoms with Gasteiger partial charge in [0.15, 0.2) is 11.6 Å². The fraction of sp³-hybridized carbons (Fsp3) is 0.455. The first-order valence-corrected chi connectivity index (χ1v) is 6.10. The van der Waals surface area contributed by atoms with E-state index in [1.54, 1.807) is 12.1 Å². The summed E-state index contributed by atoms with van der Waals surface area (Å²) in [5.74, 6) is -0.276. The molecule has 0 aromatic heterocycles. The van der Waals surface area contributed by atoms with E-state index in [9.17, 15) is 4.39 Å². The van der Waals surface area contributed by atoms with Gasteiger partial charge in [-0.2, -0.15) is 0 Å². The van der Waals surface area contributed by atoms with E-state index in [1.165, 1.54) is 0 Å². The van der Waals surface area contributed by atoms with Crippen LogP contribution in [-0.2, 0) is 0 Å². The zero-order valence-corrected chi connectivity index (χ0v) is 10.9. The molecule has 84 valence electrons. The zero-order chi connectivity index (χ0) is 11.3. The maximum Gasteiger partial charge on any atom is 0.184 e. The van der Waals surface area contributed by atoms with E-state index in [1.807, 2.05) is 0 Å². The lowest BCUT2D eigenvalue weighted by Gasteiger charge is -2.08. The summed E-state index contributed by atoms with van der Waals surface area (Å²) in [6.45, 7) is 2.64. The quantitative estimate of drug-likeness (QED) is 0.559. The topological polar surface area (TPSA) is 9.23 Å². The van der Waals surface area contributed by atoms with Crippen molar-refractivity contribution in [3.63, 3.8) is 0 Å². The minimum atomic E-state index is -0.498. The van der Waals surface area contributed by atoms with Crippen LogP contribution in [0.25, 0.3) is 0 Å². The smallest absolute Gasteiger partial charge is 0.184 e. The molecule has 0 saturated heterocycles. The Morgan fingerprint density at radius 3 is 2.80 bits per heavy atom. The molecule has 1 rings (SSSR count). The van der Waals surface area contributed by atoms with Crippen LogP contribution < -0.4 is 4.74 Å². The number of benzene rings is 1. The summed E-state index contributed by atoms with van der Waals surface area (Å²) in [6, 6.07) is 3.26. The summed E-state index contributed by atoms with van der Waals surface area (Å²) in [5, 5.41) is 0.0722. The van der Waals surface area contributed by atoms with Gasteiger partial charge in [-0.15, -0.1) is 0 Å². The second kappa shape index (κ2) is 6.33. The highest BCUT2D eigenvalue weighted by molar-refractivity contribution is 9.10. The fourth-order valence-electron chi connectivity index (χ4n) is 1.15. The van der Waals surface area contributed by atoms with E-state index in [0.717, 1.165) is 19.3 Å². The third-order valence-corrected chi connectivity index (χ3v) is 3.26. The first-order chi connectivity index (χ1) is 7.16. The Labute approximate surface area is 103 Å². The Morgan fingerprint density at radius 2 is 2.13 bits per heavy atom. The first kappa shape index (κ1) is 12.8. The van der Waals surface area contributed by atoms with Crippen molar-refractivity contribution in [1.29, 1.82) is 0 Å². The highest BCUT2D eigenvalue weighted by Crippen LogP contribution is 2.31. The van der Waals surface area contributed by atoms with Gasteiger partial charge in [-0.3, -0.25) is 0 Å². The molecule has 1 aromatic carbocycles. The molecule has 0 amide bonds. The maximum absolute atomic E-state index is 13.5. The van der Waals surface area contributed by atoms with Gasteiger partial charge in [0, 0.05) is 4.47 Å². The van der Waals surface area contributed by atoms with Crippen molar-refractivity contribution in [2.24, 2.45) is 0 Å². The van der Waals surface area contributed by atoms with Crippen molar-refractivity contribution in [2.45, 2.75) is 26.2 Å². The van der Waals surface area contributed by atoms with Crippen molar-refractivity contribution in [1.82, 2.24) is 0 Å². The Kier molecular flexibility index (Phi) is 5.40. The Bertz CT molecular complexity index is 331. The SMILES string of the molecule is CCCCCOc1ccc(Br)c(Cl)c1F. The van der Waals surface area contributed by atoms with E-state index in [4.69, 9.17) is 16.3 Å². The van der Waals surface area contributed by atoms with Gasteiger partial charge in [0.05, 0.1) is 11.6 Å². The van der Waals surface area contributed by atoms with Crippen LogP contribution in [0.5, 0.6) is 5.75 Å². The van der Waals surface area contributed by atoms with Crippen molar-refractivity contribution in [3.05, 3.63) is 27.4 Å². The standard InChI is InChI=1S/C11H13BrClFO/c1-2-3-4-7-15-9-6-5-8(12)10(13)11(9)14/h5-6H,2-4,7H2,1H3. The molecule has 0 bridgehead atoms. The average Bonchev–Trinajstić information content (AvgIpc) is 2.24. The van der Waals surface area contributed by atoms with Crippen LogP contribution in [0.1, 0.15) is 26.2 Å². The minimum absolute atomic E-state index is 0.0722. The normalized spacial score (nSPS) is 10.4.